The van der Waals surface area contributed by atoms with Crippen LogP contribution < -0.4 is 19.7 Å². The van der Waals surface area contributed by atoms with Gasteiger partial charge in [-0.1, -0.05) is 12.1 Å². The Morgan fingerprint density at radius 3 is 2.52 bits per heavy atom. The molecule has 0 bridgehead atoms. The van der Waals surface area contributed by atoms with E-state index in [0.717, 1.165) is 43.6 Å². The highest BCUT2D eigenvalue weighted by Crippen LogP contribution is 2.28. The molecule has 1 aliphatic rings. The standard InChI is InChI=1S/C20H28N6O3S.HI/c1-21-20(23-10-11-24-30(27,28)17-6-5-9-22-16-17)26-14-12-25(13-15-26)18-7-3-4-8-19(18)29-2;/h3-9,16,24H,10-15H2,1-2H3,(H,21,23);1H. The van der Waals surface area contributed by atoms with Crippen LogP contribution >= 0.6 is 24.0 Å². The number of methoxy groups -OCH3 is 1. The van der Waals surface area contributed by atoms with Crippen molar-refractivity contribution in [1.29, 1.82) is 0 Å². The van der Waals surface area contributed by atoms with Gasteiger partial charge in [-0.15, -0.1) is 24.0 Å². The van der Waals surface area contributed by atoms with E-state index in [2.05, 4.69) is 35.9 Å². The van der Waals surface area contributed by atoms with Crippen molar-refractivity contribution in [2.75, 3.05) is 58.3 Å². The molecule has 3 rings (SSSR count). The van der Waals surface area contributed by atoms with Gasteiger partial charge < -0.3 is 19.9 Å². The fourth-order valence-electron chi connectivity index (χ4n) is 3.33. The highest BCUT2D eigenvalue weighted by atomic mass is 127. The van der Waals surface area contributed by atoms with Crippen LogP contribution in [-0.2, 0) is 10.0 Å². The molecular weight excluding hydrogens is 531 g/mol. The summed E-state index contributed by atoms with van der Waals surface area (Å²) in [4.78, 5) is 12.8. The Morgan fingerprint density at radius 1 is 1.13 bits per heavy atom. The third-order valence-electron chi connectivity index (χ3n) is 4.86. The van der Waals surface area contributed by atoms with Crippen LogP contribution in [0, 0.1) is 0 Å². The van der Waals surface area contributed by atoms with Gasteiger partial charge in [-0.25, -0.2) is 13.1 Å². The Morgan fingerprint density at radius 2 is 1.87 bits per heavy atom. The summed E-state index contributed by atoms with van der Waals surface area (Å²) in [5.41, 5.74) is 1.09. The maximum atomic E-state index is 12.2. The zero-order valence-electron chi connectivity index (χ0n) is 17.7. The van der Waals surface area contributed by atoms with Crippen molar-refractivity contribution in [3.05, 3.63) is 48.8 Å². The number of nitrogens with zero attached hydrogens (tertiary/aromatic N) is 4. The minimum Gasteiger partial charge on any atom is -0.495 e. The zero-order valence-corrected chi connectivity index (χ0v) is 20.8. The van der Waals surface area contributed by atoms with E-state index >= 15 is 0 Å². The first kappa shape index (κ1) is 25.1. The van der Waals surface area contributed by atoms with Gasteiger partial charge in [-0.2, -0.15) is 0 Å². The second-order valence-corrected chi connectivity index (χ2v) is 8.47. The predicted octanol–water partition coefficient (Wildman–Crippen LogP) is 1.38. The van der Waals surface area contributed by atoms with Crippen LogP contribution in [0.4, 0.5) is 5.69 Å². The first-order chi connectivity index (χ1) is 14.5. The van der Waals surface area contributed by atoms with Gasteiger partial charge in [0.15, 0.2) is 5.96 Å². The van der Waals surface area contributed by atoms with Crippen molar-refractivity contribution in [2.45, 2.75) is 4.90 Å². The number of hydrogen-bond acceptors (Lipinski definition) is 6. The van der Waals surface area contributed by atoms with Crippen molar-refractivity contribution in [1.82, 2.24) is 19.9 Å². The van der Waals surface area contributed by atoms with Crippen molar-refractivity contribution in [2.24, 2.45) is 4.99 Å². The highest BCUT2D eigenvalue weighted by molar-refractivity contribution is 14.0. The largest absolute Gasteiger partial charge is 0.495 e. The summed E-state index contributed by atoms with van der Waals surface area (Å²) in [6.07, 6.45) is 2.87. The monoisotopic (exact) mass is 560 g/mol. The van der Waals surface area contributed by atoms with Crippen LogP contribution in [0.2, 0.25) is 0 Å². The third-order valence-corrected chi connectivity index (χ3v) is 6.31. The van der Waals surface area contributed by atoms with E-state index in [1.54, 1.807) is 20.2 Å². The minimum atomic E-state index is -3.56. The second kappa shape index (κ2) is 12.1. The lowest BCUT2D eigenvalue weighted by Crippen LogP contribution is -2.53. The molecule has 1 saturated heterocycles. The van der Waals surface area contributed by atoms with E-state index in [-0.39, 0.29) is 35.4 Å². The van der Waals surface area contributed by atoms with Crippen LogP contribution in [0.1, 0.15) is 0 Å². The number of anilines is 1. The highest BCUT2D eigenvalue weighted by Gasteiger charge is 2.21. The Hall–Kier alpha value is -2.12. The smallest absolute Gasteiger partial charge is 0.242 e. The fourth-order valence-corrected chi connectivity index (χ4v) is 4.33. The van der Waals surface area contributed by atoms with Gasteiger partial charge >= 0.3 is 0 Å². The van der Waals surface area contributed by atoms with Crippen molar-refractivity contribution in [3.63, 3.8) is 0 Å². The summed E-state index contributed by atoms with van der Waals surface area (Å²) in [5.74, 6) is 1.63. The summed E-state index contributed by atoms with van der Waals surface area (Å²) in [7, 11) is -0.144. The first-order valence-corrected chi connectivity index (χ1v) is 11.3. The van der Waals surface area contributed by atoms with Gasteiger partial charge in [0.1, 0.15) is 10.6 Å². The third kappa shape index (κ3) is 6.68. The molecule has 0 amide bonds. The summed E-state index contributed by atoms with van der Waals surface area (Å²) in [6.45, 7) is 3.97. The maximum absolute atomic E-state index is 12.2. The van der Waals surface area contributed by atoms with Gasteiger partial charge in [0, 0.05) is 58.7 Å². The molecular formula is C20H29IN6O3S. The molecule has 1 fully saturated rings. The predicted molar refractivity (Wildman–Crippen MR) is 133 cm³/mol. The number of para-hydroxylation sites is 2. The average Bonchev–Trinajstić information content (AvgIpc) is 2.80. The van der Waals surface area contributed by atoms with E-state index < -0.39 is 10.0 Å². The molecule has 0 atom stereocenters. The Bertz CT molecular complexity index is 950. The van der Waals surface area contributed by atoms with E-state index in [1.807, 2.05) is 18.2 Å². The van der Waals surface area contributed by atoms with Crippen LogP contribution in [-0.4, -0.2) is 77.7 Å². The summed E-state index contributed by atoms with van der Waals surface area (Å²) >= 11 is 0. The van der Waals surface area contributed by atoms with Gasteiger partial charge in [0.05, 0.1) is 12.8 Å². The molecule has 0 unspecified atom stereocenters. The van der Waals surface area contributed by atoms with Crippen molar-refractivity contribution >= 4 is 45.6 Å². The lowest BCUT2D eigenvalue weighted by Gasteiger charge is -2.38. The van der Waals surface area contributed by atoms with Crippen LogP contribution in [0.3, 0.4) is 0 Å². The van der Waals surface area contributed by atoms with Gasteiger partial charge in [-0.3, -0.25) is 9.98 Å². The minimum absolute atomic E-state index is 0. The van der Waals surface area contributed by atoms with Crippen molar-refractivity contribution < 1.29 is 13.2 Å². The van der Waals surface area contributed by atoms with E-state index in [4.69, 9.17) is 4.74 Å². The second-order valence-electron chi connectivity index (χ2n) is 6.71. The van der Waals surface area contributed by atoms with Crippen molar-refractivity contribution in [3.8, 4) is 5.75 Å². The normalized spacial score (nSPS) is 14.7. The number of aromatic nitrogens is 1. The van der Waals surface area contributed by atoms with Gasteiger partial charge in [0.25, 0.3) is 0 Å². The van der Waals surface area contributed by atoms with E-state index in [0.29, 0.717) is 6.54 Å². The van der Waals surface area contributed by atoms with Crippen LogP contribution in [0.5, 0.6) is 5.75 Å². The number of nitrogens with one attached hydrogen (secondary N) is 2. The van der Waals surface area contributed by atoms with E-state index in [1.165, 1.54) is 18.5 Å². The molecule has 0 saturated carbocycles. The summed E-state index contributed by atoms with van der Waals surface area (Å²) in [5, 5.41) is 3.23. The maximum Gasteiger partial charge on any atom is 0.242 e. The fraction of sp³-hybridized carbons (Fsp3) is 0.400. The van der Waals surface area contributed by atoms with Gasteiger partial charge in [0.2, 0.25) is 10.0 Å². The number of halogens is 1. The topological polar surface area (TPSA) is 99.2 Å². The lowest BCUT2D eigenvalue weighted by molar-refractivity contribution is 0.367. The number of pyridine rings is 1. The summed E-state index contributed by atoms with van der Waals surface area (Å²) < 4.78 is 32.5. The number of hydrogen-bond donors (Lipinski definition) is 2. The molecule has 1 aromatic carbocycles. The average molecular weight is 560 g/mol. The first-order valence-electron chi connectivity index (χ1n) is 9.78. The molecule has 0 spiro atoms. The Kier molecular flexibility index (Phi) is 9.78. The number of ether oxygens (including phenoxy) is 1. The van der Waals surface area contributed by atoms with E-state index in [9.17, 15) is 8.42 Å². The molecule has 2 aromatic rings. The molecule has 2 heterocycles. The number of aliphatic imine (C=N–C) groups is 1. The molecule has 1 aromatic heterocycles. The number of benzene rings is 1. The molecule has 0 aliphatic carbocycles. The quantitative estimate of drug-likeness (QED) is 0.229. The molecule has 9 nitrogen and oxygen atoms in total. The number of piperazine rings is 1. The lowest BCUT2D eigenvalue weighted by atomic mass is 10.2. The van der Waals surface area contributed by atoms with Crippen LogP contribution in [0.15, 0.2) is 58.7 Å². The number of rotatable bonds is 7. The Labute approximate surface area is 201 Å². The summed E-state index contributed by atoms with van der Waals surface area (Å²) in [6, 6.07) is 11.1. The molecule has 0 radical (unpaired) electrons. The molecule has 31 heavy (non-hydrogen) atoms. The molecule has 2 N–H and O–H groups in total. The molecule has 11 heteroatoms. The number of guanidine groups is 1. The SMILES string of the molecule is CN=C(NCCNS(=O)(=O)c1cccnc1)N1CCN(c2ccccc2OC)CC1.I. The Balaban J connectivity index is 0.00000341. The number of sulfonamides is 1. The zero-order chi connectivity index (χ0) is 21.4. The molecule has 1 aliphatic heterocycles. The van der Waals surface area contributed by atoms with Gasteiger partial charge in [-0.05, 0) is 24.3 Å². The molecule has 170 valence electrons. The van der Waals surface area contributed by atoms with Crippen LogP contribution in [0.25, 0.3) is 0 Å².